The van der Waals surface area contributed by atoms with E-state index in [9.17, 15) is 9.59 Å². The van der Waals surface area contributed by atoms with Crippen LogP contribution in [-0.2, 0) is 11.3 Å². The van der Waals surface area contributed by atoms with Crippen molar-refractivity contribution in [2.75, 3.05) is 4.90 Å². The van der Waals surface area contributed by atoms with Crippen LogP contribution in [0.5, 0.6) is 5.75 Å². The first-order chi connectivity index (χ1) is 11.8. The Kier molecular flexibility index (Phi) is 4.56. The van der Waals surface area contributed by atoms with Crippen molar-refractivity contribution in [2.24, 2.45) is 0 Å². The van der Waals surface area contributed by atoms with E-state index >= 15 is 0 Å². The molecule has 3 rings (SSSR count). The summed E-state index contributed by atoms with van der Waals surface area (Å²) >= 11 is 6.27. The van der Waals surface area contributed by atoms with E-state index in [2.05, 4.69) is 0 Å². The number of halogens is 1. The second-order valence-electron chi connectivity index (χ2n) is 6.55. The van der Waals surface area contributed by atoms with Gasteiger partial charge in [0.15, 0.2) is 11.4 Å². The lowest BCUT2D eigenvalue weighted by Gasteiger charge is -2.39. The van der Waals surface area contributed by atoms with Gasteiger partial charge in [-0.25, -0.2) is 0 Å². The van der Waals surface area contributed by atoms with Gasteiger partial charge < -0.3 is 9.64 Å². The highest BCUT2D eigenvalue weighted by atomic mass is 35.5. The first-order valence-electron chi connectivity index (χ1n) is 8.25. The lowest BCUT2D eigenvalue weighted by Crippen LogP contribution is -2.52. The SMILES string of the molecule is CCC(=O)c1ccc2c(c1)N(Cc1ccccc1Cl)C(=O)C(C)(C)O2. The molecule has 0 aromatic heterocycles. The molecule has 0 atom stereocenters. The lowest BCUT2D eigenvalue weighted by atomic mass is 10.0. The normalized spacial score (nSPS) is 15.5. The Morgan fingerprint density at radius 2 is 1.92 bits per heavy atom. The highest BCUT2D eigenvalue weighted by Crippen LogP contribution is 2.39. The summed E-state index contributed by atoms with van der Waals surface area (Å²) in [6, 6.07) is 12.6. The summed E-state index contributed by atoms with van der Waals surface area (Å²) < 4.78 is 5.86. The molecule has 1 heterocycles. The van der Waals surface area contributed by atoms with Crippen molar-refractivity contribution in [3.05, 3.63) is 58.6 Å². The second-order valence-corrected chi connectivity index (χ2v) is 6.96. The van der Waals surface area contributed by atoms with Gasteiger partial charge in [0.2, 0.25) is 0 Å². The molecule has 2 aromatic rings. The lowest BCUT2D eigenvalue weighted by molar-refractivity contribution is -0.132. The number of hydrogen-bond donors (Lipinski definition) is 0. The van der Waals surface area contributed by atoms with Gasteiger partial charge in [-0.15, -0.1) is 0 Å². The zero-order valence-electron chi connectivity index (χ0n) is 14.5. The topological polar surface area (TPSA) is 46.6 Å². The Bertz CT molecular complexity index is 845. The summed E-state index contributed by atoms with van der Waals surface area (Å²) in [7, 11) is 0. The quantitative estimate of drug-likeness (QED) is 0.749. The van der Waals surface area contributed by atoms with Gasteiger partial charge in [0.1, 0.15) is 5.75 Å². The highest BCUT2D eigenvalue weighted by molar-refractivity contribution is 6.31. The molecule has 5 heteroatoms. The van der Waals surface area contributed by atoms with Crippen molar-refractivity contribution in [1.29, 1.82) is 0 Å². The van der Waals surface area contributed by atoms with Crippen LogP contribution in [0, 0.1) is 0 Å². The fraction of sp³-hybridized carbons (Fsp3) is 0.300. The Morgan fingerprint density at radius 3 is 2.60 bits per heavy atom. The monoisotopic (exact) mass is 357 g/mol. The zero-order valence-corrected chi connectivity index (χ0v) is 15.3. The molecule has 0 bridgehead atoms. The summed E-state index contributed by atoms with van der Waals surface area (Å²) in [4.78, 5) is 26.7. The fourth-order valence-electron chi connectivity index (χ4n) is 2.90. The number of Topliss-reactive ketones (excluding diaryl/α,β-unsaturated/α-hetero) is 1. The van der Waals surface area contributed by atoms with Gasteiger partial charge in [0, 0.05) is 17.0 Å². The number of ketones is 1. The number of amides is 1. The maximum Gasteiger partial charge on any atom is 0.271 e. The summed E-state index contributed by atoms with van der Waals surface area (Å²) in [6.45, 7) is 5.61. The third-order valence-electron chi connectivity index (χ3n) is 4.30. The third-order valence-corrected chi connectivity index (χ3v) is 4.67. The second kappa shape index (κ2) is 6.52. The van der Waals surface area contributed by atoms with Crippen molar-refractivity contribution >= 4 is 29.0 Å². The van der Waals surface area contributed by atoms with Crippen LogP contribution in [0.2, 0.25) is 5.02 Å². The summed E-state index contributed by atoms with van der Waals surface area (Å²) in [5.74, 6) is 0.447. The van der Waals surface area contributed by atoms with Crippen molar-refractivity contribution in [3.8, 4) is 5.75 Å². The van der Waals surface area contributed by atoms with Crippen LogP contribution in [0.1, 0.15) is 43.1 Å². The number of fused-ring (bicyclic) bond motifs is 1. The van der Waals surface area contributed by atoms with E-state index < -0.39 is 5.60 Å². The van der Waals surface area contributed by atoms with Gasteiger partial charge in [0.05, 0.1) is 12.2 Å². The minimum atomic E-state index is -0.982. The van der Waals surface area contributed by atoms with Gasteiger partial charge in [-0.1, -0.05) is 36.7 Å². The number of ether oxygens (including phenoxy) is 1. The summed E-state index contributed by atoms with van der Waals surface area (Å²) in [5, 5.41) is 0.599. The van der Waals surface area contributed by atoms with Crippen LogP contribution in [0.4, 0.5) is 5.69 Å². The van der Waals surface area contributed by atoms with E-state index in [1.807, 2.05) is 25.1 Å². The van der Waals surface area contributed by atoms with Gasteiger partial charge in [-0.05, 0) is 43.7 Å². The molecule has 1 aliphatic rings. The molecule has 0 saturated heterocycles. The van der Waals surface area contributed by atoms with Gasteiger partial charge in [0.25, 0.3) is 5.91 Å². The van der Waals surface area contributed by atoms with Crippen LogP contribution in [-0.4, -0.2) is 17.3 Å². The number of benzene rings is 2. The van der Waals surface area contributed by atoms with E-state index in [0.29, 0.717) is 35.0 Å². The number of carbonyl (C=O) groups is 2. The van der Waals surface area contributed by atoms with Crippen molar-refractivity contribution in [2.45, 2.75) is 39.3 Å². The number of rotatable bonds is 4. The molecule has 0 N–H and O–H groups in total. The first kappa shape index (κ1) is 17.5. The third kappa shape index (κ3) is 3.27. The van der Waals surface area contributed by atoms with E-state index in [1.54, 1.807) is 43.0 Å². The minimum absolute atomic E-state index is 0.0257. The minimum Gasteiger partial charge on any atom is -0.476 e. The Morgan fingerprint density at radius 1 is 1.20 bits per heavy atom. The maximum absolute atomic E-state index is 12.9. The fourth-order valence-corrected chi connectivity index (χ4v) is 3.09. The first-order valence-corrected chi connectivity index (χ1v) is 8.63. The maximum atomic E-state index is 12.9. The predicted molar refractivity (Wildman–Crippen MR) is 98.4 cm³/mol. The summed E-state index contributed by atoms with van der Waals surface area (Å²) in [6.07, 6.45) is 0.406. The van der Waals surface area contributed by atoms with Gasteiger partial charge in [-0.2, -0.15) is 0 Å². The van der Waals surface area contributed by atoms with Crippen LogP contribution in [0.3, 0.4) is 0 Å². The van der Waals surface area contributed by atoms with Crippen molar-refractivity contribution < 1.29 is 14.3 Å². The number of anilines is 1. The molecule has 0 aliphatic carbocycles. The standard InChI is InChI=1S/C20H20ClNO3/c1-4-17(23)13-9-10-18-16(11-13)22(19(24)20(2,3)25-18)12-14-7-5-6-8-15(14)21/h5-11H,4,12H2,1-3H3. The molecule has 0 radical (unpaired) electrons. The van der Waals surface area contributed by atoms with E-state index in [0.717, 1.165) is 5.56 Å². The number of carbonyl (C=O) groups excluding carboxylic acids is 2. The van der Waals surface area contributed by atoms with Crippen molar-refractivity contribution in [1.82, 2.24) is 0 Å². The largest absolute Gasteiger partial charge is 0.476 e. The molecule has 1 aliphatic heterocycles. The van der Waals surface area contributed by atoms with Crippen LogP contribution in [0.25, 0.3) is 0 Å². The van der Waals surface area contributed by atoms with E-state index in [-0.39, 0.29) is 11.7 Å². The molecule has 0 fully saturated rings. The molecule has 25 heavy (non-hydrogen) atoms. The van der Waals surface area contributed by atoms with Crippen LogP contribution >= 0.6 is 11.6 Å². The zero-order chi connectivity index (χ0) is 18.2. The molecular weight excluding hydrogens is 338 g/mol. The van der Waals surface area contributed by atoms with Crippen LogP contribution in [0.15, 0.2) is 42.5 Å². The molecular formula is C20H20ClNO3. The summed E-state index contributed by atoms with van der Waals surface area (Å²) in [5.41, 5.74) is 1.03. The predicted octanol–water partition coefficient (Wildman–Crippen LogP) is 4.64. The Hall–Kier alpha value is -2.33. The average molecular weight is 358 g/mol. The number of hydrogen-bond acceptors (Lipinski definition) is 3. The molecule has 1 amide bonds. The molecule has 0 unspecified atom stereocenters. The molecule has 4 nitrogen and oxygen atoms in total. The smallest absolute Gasteiger partial charge is 0.271 e. The Labute approximate surface area is 152 Å². The van der Waals surface area contributed by atoms with E-state index in [4.69, 9.17) is 16.3 Å². The van der Waals surface area contributed by atoms with Crippen molar-refractivity contribution in [3.63, 3.8) is 0 Å². The van der Waals surface area contributed by atoms with Gasteiger partial charge in [-0.3, -0.25) is 9.59 Å². The molecule has 0 saturated carbocycles. The van der Waals surface area contributed by atoms with Crippen LogP contribution < -0.4 is 9.64 Å². The molecule has 0 spiro atoms. The highest BCUT2D eigenvalue weighted by Gasteiger charge is 2.41. The van der Waals surface area contributed by atoms with Gasteiger partial charge >= 0.3 is 0 Å². The molecule has 2 aromatic carbocycles. The Balaban J connectivity index is 2.08. The van der Waals surface area contributed by atoms with E-state index in [1.165, 1.54) is 0 Å². The number of nitrogens with zero attached hydrogens (tertiary/aromatic N) is 1. The average Bonchev–Trinajstić information content (AvgIpc) is 2.59. The molecule has 130 valence electrons.